The first-order valence-electron chi connectivity index (χ1n) is 11.0. The molecule has 0 spiro atoms. The number of imidazole rings is 1. The number of piperazine rings is 1. The molecule has 34 heavy (non-hydrogen) atoms. The van der Waals surface area contributed by atoms with Gasteiger partial charge in [-0.2, -0.15) is 0 Å². The van der Waals surface area contributed by atoms with Crippen LogP contribution in [0, 0.1) is 10.1 Å². The Morgan fingerprint density at radius 1 is 1.24 bits per heavy atom. The van der Waals surface area contributed by atoms with Crippen molar-refractivity contribution in [3.8, 4) is 5.75 Å². The lowest BCUT2D eigenvalue weighted by Crippen LogP contribution is -2.50. The maximum Gasteiger partial charge on any atom is 0.410 e. The Morgan fingerprint density at radius 3 is 2.44 bits per heavy atom. The molecular weight excluding hydrogens is 466 g/mol. The Labute approximate surface area is 203 Å². The Hall–Kier alpha value is -3.05. The number of aromatic nitrogens is 2. The summed E-state index contributed by atoms with van der Waals surface area (Å²) in [5.74, 6) is 0.286. The Bertz CT molecular complexity index is 983. The van der Waals surface area contributed by atoms with Gasteiger partial charge in [0.1, 0.15) is 24.2 Å². The van der Waals surface area contributed by atoms with Gasteiger partial charge in [-0.3, -0.25) is 4.57 Å². The van der Waals surface area contributed by atoms with Gasteiger partial charge in [-0.25, -0.2) is 4.79 Å². The molecule has 1 saturated heterocycles. The van der Waals surface area contributed by atoms with Crippen molar-refractivity contribution in [3.63, 3.8) is 0 Å². The fourth-order valence-corrected chi connectivity index (χ4v) is 3.64. The lowest BCUT2D eigenvalue weighted by atomic mass is 10.2. The van der Waals surface area contributed by atoms with Crippen LogP contribution in [0.2, 0.25) is 5.28 Å². The Morgan fingerprint density at radius 2 is 1.88 bits per heavy atom. The molecule has 1 aliphatic rings. The topological polar surface area (TPSA) is 123 Å². The first-order chi connectivity index (χ1) is 16.0. The third-order valence-electron chi connectivity index (χ3n) is 5.18. The summed E-state index contributed by atoms with van der Waals surface area (Å²) >= 11 is 5.88. The number of hydrogen-bond donors (Lipinski definition) is 1. The molecule has 3 rings (SSSR count). The molecule has 1 fully saturated rings. The number of halogens is 1. The van der Waals surface area contributed by atoms with Gasteiger partial charge >= 0.3 is 17.2 Å². The first kappa shape index (κ1) is 25.6. The van der Waals surface area contributed by atoms with Crippen molar-refractivity contribution in [1.82, 2.24) is 14.5 Å². The summed E-state index contributed by atoms with van der Waals surface area (Å²) in [6, 6.07) is 7.54. The van der Waals surface area contributed by atoms with Crippen molar-refractivity contribution in [2.75, 3.05) is 37.7 Å². The van der Waals surface area contributed by atoms with Gasteiger partial charge in [-0.15, -0.1) is 0 Å². The number of aliphatic hydroxyl groups is 1. The zero-order chi connectivity index (χ0) is 24.9. The highest BCUT2D eigenvalue weighted by Crippen LogP contribution is 2.22. The predicted molar refractivity (Wildman–Crippen MR) is 126 cm³/mol. The number of benzene rings is 1. The van der Waals surface area contributed by atoms with Crippen molar-refractivity contribution in [1.29, 1.82) is 0 Å². The summed E-state index contributed by atoms with van der Waals surface area (Å²) < 4.78 is 12.5. The predicted octanol–water partition coefficient (Wildman–Crippen LogP) is 3.33. The Balaban J connectivity index is 1.42. The molecule has 1 aliphatic heterocycles. The average molecular weight is 496 g/mol. The van der Waals surface area contributed by atoms with E-state index in [4.69, 9.17) is 21.1 Å². The molecule has 2 heterocycles. The molecule has 1 N–H and O–H groups in total. The summed E-state index contributed by atoms with van der Waals surface area (Å²) in [6.07, 6.45) is 0.469. The molecule has 1 aromatic carbocycles. The normalized spacial score (nSPS) is 15.2. The minimum atomic E-state index is -0.780. The van der Waals surface area contributed by atoms with Gasteiger partial charge < -0.3 is 34.5 Å². The molecule has 12 heteroatoms. The third-order valence-corrected chi connectivity index (χ3v) is 5.48. The number of nitro groups is 1. The van der Waals surface area contributed by atoms with Gasteiger partial charge in [-0.05, 0) is 73.0 Å². The van der Waals surface area contributed by atoms with Crippen LogP contribution in [-0.2, 0) is 11.3 Å². The lowest BCUT2D eigenvalue weighted by molar-refractivity contribution is -0.389. The van der Waals surface area contributed by atoms with Crippen molar-refractivity contribution >= 4 is 29.2 Å². The number of carbonyl (C=O) groups is 1. The van der Waals surface area contributed by atoms with E-state index in [1.165, 1.54) is 10.8 Å². The molecule has 1 aromatic heterocycles. The monoisotopic (exact) mass is 495 g/mol. The summed E-state index contributed by atoms with van der Waals surface area (Å²) in [7, 11) is 0. The van der Waals surface area contributed by atoms with Crippen molar-refractivity contribution in [2.24, 2.45) is 0 Å². The second kappa shape index (κ2) is 10.9. The van der Waals surface area contributed by atoms with Crippen LogP contribution in [0.25, 0.3) is 0 Å². The molecule has 0 aliphatic carbocycles. The fraction of sp³-hybridized carbons (Fsp3) is 0.545. The maximum atomic E-state index is 12.2. The summed E-state index contributed by atoms with van der Waals surface area (Å²) in [5.41, 5.74) is 0.512. The van der Waals surface area contributed by atoms with Crippen molar-refractivity contribution in [3.05, 3.63) is 45.9 Å². The molecular formula is C22H30ClN5O6. The van der Waals surface area contributed by atoms with E-state index in [1.807, 2.05) is 45.0 Å². The molecule has 11 nitrogen and oxygen atoms in total. The average Bonchev–Trinajstić information content (AvgIpc) is 3.16. The fourth-order valence-electron chi connectivity index (χ4n) is 3.42. The van der Waals surface area contributed by atoms with Gasteiger partial charge in [0.05, 0.1) is 6.10 Å². The van der Waals surface area contributed by atoms with E-state index in [0.29, 0.717) is 38.3 Å². The van der Waals surface area contributed by atoms with Crippen LogP contribution in [-0.4, -0.2) is 75.1 Å². The molecule has 1 amide bonds. The van der Waals surface area contributed by atoms with E-state index in [2.05, 4.69) is 9.88 Å². The molecule has 0 radical (unpaired) electrons. The van der Waals surface area contributed by atoms with Crippen LogP contribution in [0.4, 0.5) is 16.3 Å². The number of carbonyl (C=O) groups excluding carboxylic acids is 1. The standard InChI is InChI=1S/C22H30ClN5O6/c1-22(2,3)34-21(30)26-12-10-25(11-13-26)16-4-6-18(7-5-16)33-15-17(29)8-9-27-14-19(28(31)32)24-20(27)23/h4-7,14,17,29H,8-13,15H2,1-3H3. The second-order valence-corrected chi connectivity index (χ2v) is 9.36. The quantitative estimate of drug-likeness (QED) is 0.437. The van der Waals surface area contributed by atoms with Crippen LogP contribution in [0.3, 0.4) is 0 Å². The van der Waals surface area contributed by atoms with Gasteiger partial charge in [0, 0.05) is 38.4 Å². The zero-order valence-electron chi connectivity index (χ0n) is 19.5. The van der Waals surface area contributed by atoms with E-state index < -0.39 is 16.6 Å². The van der Waals surface area contributed by atoms with Gasteiger partial charge in [0.25, 0.3) is 0 Å². The number of aryl methyl sites for hydroxylation is 1. The van der Waals surface area contributed by atoms with E-state index >= 15 is 0 Å². The van der Waals surface area contributed by atoms with Gasteiger partial charge in [0.15, 0.2) is 0 Å². The minimum Gasteiger partial charge on any atom is -0.491 e. The number of ether oxygens (including phenoxy) is 2. The SMILES string of the molecule is CC(C)(C)OC(=O)N1CCN(c2ccc(OCC(O)CCn3cc([N+](=O)[O-])nc3Cl)cc2)CC1. The van der Waals surface area contributed by atoms with E-state index in [1.54, 1.807) is 4.90 Å². The molecule has 2 aromatic rings. The van der Waals surface area contributed by atoms with E-state index in [9.17, 15) is 20.0 Å². The van der Waals surface area contributed by atoms with Crippen LogP contribution in [0.5, 0.6) is 5.75 Å². The third kappa shape index (κ3) is 7.22. The number of rotatable bonds is 8. The number of nitrogens with zero attached hydrogens (tertiary/aromatic N) is 5. The molecule has 0 bridgehead atoms. The lowest BCUT2D eigenvalue weighted by Gasteiger charge is -2.36. The minimum absolute atomic E-state index is 0.00216. The van der Waals surface area contributed by atoms with Crippen LogP contribution in [0.1, 0.15) is 27.2 Å². The summed E-state index contributed by atoms with van der Waals surface area (Å²) in [6.45, 7) is 8.49. The first-order valence-corrected chi connectivity index (χ1v) is 11.4. The smallest absolute Gasteiger partial charge is 0.410 e. The number of aliphatic hydroxyl groups excluding tert-OH is 1. The number of amides is 1. The van der Waals surface area contributed by atoms with Crippen molar-refractivity contribution < 1.29 is 24.3 Å². The van der Waals surface area contributed by atoms with E-state index in [0.717, 1.165) is 5.69 Å². The van der Waals surface area contributed by atoms with Crippen LogP contribution >= 0.6 is 11.6 Å². The highest BCUT2D eigenvalue weighted by molar-refractivity contribution is 6.28. The van der Waals surface area contributed by atoms with Crippen molar-refractivity contribution in [2.45, 2.75) is 45.4 Å². The number of hydrogen-bond acceptors (Lipinski definition) is 8. The molecule has 186 valence electrons. The summed E-state index contributed by atoms with van der Waals surface area (Å²) in [5, 5.41) is 20.9. The Kier molecular flexibility index (Phi) is 8.21. The highest BCUT2D eigenvalue weighted by atomic mass is 35.5. The van der Waals surface area contributed by atoms with Crippen LogP contribution in [0.15, 0.2) is 30.5 Å². The summed E-state index contributed by atoms with van der Waals surface area (Å²) in [4.78, 5) is 29.9. The zero-order valence-corrected chi connectivity index (χ0v) is 20.3. The van der Waals surface area contributed by atoms with E-state index in [-0.39, 0.29) is 30.3 Å². The molecule has 1 unspecified atom stereocenters. The second-order valence-electron chi connectivity index (χ2n) is 9.02. The highest BCUT2D eigenvalue weighted by Gasteiger charge is 2.26. The van der Waals surface area contributed by atoms with Gasteiger partial charge in [-0.1, -0.05) is 0 Å². The number of anilines is 1. The van der Waals surface area contributed by atoms with Crippen LogP contribution < -0.4 is 9.64 Å². The molecule has 0 saturated carbocycles. The molecule has 1 atom stereocenters. The maximum absolute atomic E-state index is 12.2. The largest absolute Gasteiger partial charge is 0.491 e. The van der Waals surface area contributed by atoms with Gasteiger partial charge in [0.2, 0.25) is 0 Å².